The van der Waals surface area contributed by atoms with Crippen molar-refractivity contribution in [1.82, 2.24) is 4.57 Å². The molecule has 0 unspecified atom stereocenters. The summed E-state index contributed by atoms with van der Waals surface area (Å²) < 4.78 is 16.0. The molecular weight excluding hydrogens is 731 g/mol. The molecule has 0 aliphatic carbocycles. The molecule has 5 heteroatoms. The summed E-state index contributed by atoms with van der Waals surface area (Å²) in [6.07, 6.45) is 0. The molecule has 2 aliphatic heterocycles. The monoisotopic (exact) mass is 780 g/mol. The first-order chi connectivity index (χ1) is 28.5. The number of aromatic nitrogens is 1. The van der Waals surface area contributed by atoms with E-state index in [0.717, 1.165) is 49.6 Å². The van der Waals surface area contributed by atoms with Gasteiger partial charge >= 0.3 is 6.85 Å². The largest absolute Gasteiger partial charge is 0.456 e. The van der Waals surface area contributed by atoms with E-state index in [4.69, 9.17) is 8.83 Å². The Morgan fingerprint density at radius 2 is 1.10 bits per heavy atom. The lowest BCUT2D eigenvalue weighted by atomic mass is 9.43. The molecule has 3 aromatic heterocycles. The number of anilines is 2. The van der Waals surface area contributed by atoms with Crippen LogP contribution < -0.4 is 15.7 Å². The van der Waals surface area contributed by atoms with Crippen LogP contribution in [0.1, 0.15) is 84.6 Å². The summed E-state index contributed by atoms with van der Waals surface area (Å²) in [7, 11) is 0. The molecule has 5 heterocycles. The van der Waals surface area contributed by atoms with Crippen LogP contribution >= 0.6 is 0 Å². The van der Waals surface area contributed by atoms with Crippen molar-refractivity contribution in [2.45, 2.75) is 85.5 Å². The highest BCUT2D eigenvalue weighted by molar-refractivity contribution is 6.93. The molecule has 294 valence electrons. The van der Waals surface area contributed by atoms with Crippen LogP contribution in [0.2, 0.25) is 0 Å². The van der Waals surface area contributed by atoms with E-state index in [1.165, 1.54) is 77.5 Å². The maximum atomic E-state index is 6.86. The first-order valence-electron chi connectivity index (χ1n) is 21.5. The first-order valence-corrected chi connectivity index (χ1v) is 21.5. The van der Waals surface area contributed by atoms with Gasteiger partial charge in [-0.3, -0.25) is 0 Å². The maximum absolute atomic E-state index is 6.86. The number of para-hydroxylation sites is 1. The van der Waals surface area contributed by atoms with Crippen molar-refractivity contribution < 1.29 is 8.83 Å². The minimum Gasteiger partial charge on any atom is -0.456 e. The summed E-state index contributed by atoms with van der Waals surface area (Å²) in [5.41, 5.74) is 20.1. The Morgan fingerprint density at radius 1 is 0.483 bits per heavy atom. The quantitative estimate of drug-likeness (QED) is 0.156. The summed E-state index contributed by atoms with van der Waals surface area (Å²) >= 11 is 0. The van der Waals surface area contributed by atoms with E-state index in [0.29, 0.717) is 0 Å². The van der Waals surface area contributed by atoms with Crippen LogP contribution in [0.5, 0.6) is 0 Å². The molecule has 0 bridgehead atoms. The van der Waals surface area contributed by atoms with Gasteiger partial charge in [-0.2, -0.15) is 0 Å². The summed E-state index contributed by atoms with van der Waals surface area (Å²) in [5, 5.41) is 7.11. The Kier molecular flexibility index (Phi) is 6.87. The second kappa shape index (κ2) is 11.5. The summed E-state index contributed by atoms with van der Waals surface area (Å²) in [6.45, 7) is 22.9. The van der Waals surface area contributed by atoms with Gasteiger partial charge in [-0.25, -0.2) is 0 Å². The summed E-state index contributed by atoms with van der Waals surface area (Å²) in [4.78, 5) is 2.62. The first kappa shape index (κ1) is 35.7. The molecule has 0 atom stereocenters. The van der Waals surface area contributed by atoms with E-state index < -0.39 is 0 Å². The number of fused-ring (bicyclic) bond motifs is 14. The van der Waals surface area contributed by atoms with Gasteiger partial charge in [0.1, 0.15) is 22.3 Å². The van der Waals surface area contributed by atoms with E-state index >= 15 is 0 Å². The summed E-state index contributed by atoms with van der Waals surface area (Å²) in [5.74, 6) is 0. The average Bonchev–Trinajstić information content (AvgIpc) is 3.86. The third-order valence-corrected chi connectivity index (χ3v) is 13.7. The molecule has 0 N–H and O–H groups in total. The lowest BCUT2D eigenvalue weighted by molar-refractivity contribution is 0.587. The number of benzene rings is 7. The third-order valence-electron chi connectivity index (χ3n) is 13.7. The fourth-order valence-electron chi connectivity index (χ4n) is 10.5. The van der Waals surface area contributed by atoms with Crippen molar-refractivity contribution >= 4 is 94.8 Å². The number of rotatable bonds is 1. The molecule has 0 saturated carbocycles. The van der Waals surface area contributed by atoms with E-state index in [1.807, 2.05) is 0 Å². The van der Waals surface area contributed by atoms with Crippen molar-refractivity contribution in [1.29, 1.82) is 0 Å². The van der Waals surface area contributed by atoms with Crippen molar-refractivity contribution in [3.63, 3.8) is 0 Å². The van der Waals surface area contributed by atoms with Crippen molar-refractivity contribution in [3.05, 3.63) is 138 Å². The minimum atomic E-state index is -0.0941. The second-order valence-corrected chi connectivity index (χ2v) is 20.7. The third kappa shape index (κ3) is 4.81. The molecule has 0 saturated heterocycles. The molecule has 12 rings (SSSR count). The zero-order valence-electron chi connectivity index (χ0n) is 36.3. The standard InChI is InChI=1S/C55H49BN2O2/c1-30-23-40-37-26-38-36-21-17-33(55(8,9)10)25-47(36)60-49(38)29-45(37)58(34-19-15-31(16-20-34)53(2,3)4)56-42-24-32(54(5,6)7)18-22-43(42)57-44-27-39-35-13-11-12-14-46(35)59-48(39)28-41(44)50(30)52(57)51(40)56/h11-29H,1-10H3. The van der Waals surface area contributed by atoms with Gasteiger partial charge in [-0.05, 0) is 110 Å². The highest BCUT2D eigenvalue weighted by atomic mass is 16.3. The van der Waals surface area contributed by atoms with Crippen LogP contribution in [0.25, 0.3) is 82.5 Å². The van der Waals surface area contributed by atoms with Gasteiger partial charge in [-0.1, -0.05) is 123 Å². The van der Waals surface area contributed by atoms with E-state index in [2.05, 4.69) is 194 Å². The van der Waals surface area contributed by atoms with Gasteiger partial charge in [0.05, 0.1) is 11.0 Å². The average molecular weight is 781 g/mol. The molecule has 7 aromatic carbocycles. The van der Waals surface area contributed by atoms with Gasteiger partial charge in [0.2, 0.25) is 0 Å². The van der Waals surface area contributed by atoms with Gasteiger partial charge < -0.3 is 18.2 Å². The van der Waals surface area contributed by atoms with E-state index in [-0.39, 0.29) is 23.1 Å². The SMILES string of the molecule is Cc1cc2c3c4c1c1cc5oc6ccccc6c5cc1n4-c1ccc(C(C)(C)C)cc1B3N(c1ccc(C(C)(C)C)cc1)c1cc3oc4cc(C(C)(C)C)ccc4c3cc1-2. The number of aryl methyl sites for hydroxylation is 1. The Labute approximate surface area is 351 Å². The fraction of sp³-hybridized carbons (Fsp3) is 0.236. The molecule has 60 heavy (non-hydrogen) atoms. The van der Waals surface area contributed by atoms with Gasteiger partial charge in [-0.15, -0.1) is 0 Å². The predicted octanol–water partition coefficient (Wildman–Crippen LogP) is 14.0. The molecule has 2 aliphatic rings. The zero-order chi connectivity index (χ0) is 41.4. The smallest absolute Gasteiger partial charge is 0.333 e. The van der Waals surface area contributed by atoms with Crippen molar-refractivity contribution in [2.75, 3.05) is 4.81 Å². The van der Waals surface area contributed by atoms with Crippen molar-refractivity contribution in [3.8, 4) is 16.8 Å². The minimum absolute atomic E-state index is 0.0140. The Hall–Kier alpha value is -6.20. The molecule has 10 aromatic rings. The van der Waals surface area contributed by atoms with Crippen LogP contribution in [0.3, 0.4) is 0 Å². The van der Waals surface area contributed by atoms with E-state index in [1.54, 1.807) is 0 Å². The highest BCUT2D eigenvalue weighted by Gasteiger charge is 2.45. The zero-order valence-corrected chi connectivity index (χ0v) is 36.3. The Balaban J connectivity index is 1.25. The number of hydrogen-bond donors (Lipinski definition) is 0. The number of hydrogen-bond acceptors (Lipinski definition) is 3. The van der Waals surface area contributed by atoms with Crippen LogP contribution in [0.15, 0.2) is 124 Å². The van der Waals surface area contributed by atoms with Crippen LogP contribution in [0.4, 0.5) is 11.4 Å². The van der Waals surface area contributed by atoms with Crippen molar-refractivity contribution in [2.24, 2.45) is 0 Å². The molecular formula is C55H49BN2O2. The Morgan fingerprint density at radius 3 is 1.85 bits per heavy atom. The maximum Gasteiger partial charge on any atom is 0.333 e. The Bertz CT molecular complexity index is 3500. The molecule has 0 fully saturated rings. The normalized spacial score (nSPS) is 14.1. The van der Waals surface area contributed by atoms with Crippen LogP contribution in [-0.2, 0) is 16.2 Å². The topological polar surface area (TPSA) is 34.5 Å². The fourth-order valence-corrected chi connectivity index (χ4v) is 10.5. The molecule has 0 amide bonds. The molecule has 4 nitrogen and oxygen atoms in total. The molecule has 0 spiro atoms. The predicted molar refractivity (Wildman–Crippen MR) is 255 cm³/mol. The second-order valence-electron chi connectivity index (χ2n) is 20.7. The lowest BCUT2D eigenvalue weighted by Crippen LogP contribution is -2.60. The van der Waals surface area contributed by atoms with E-state index in [9.17, 15) is 0 Å². The van der Waals surface area contributed by atoms with Gasteiger partial charge in [0, 0.05) is 61.0 Å². The van der Waals surface area contributed by atoms with Gasteiger partial charge in [0.15, 0.2) is 0 Å². The number of nitrogens with zero attached hydrogens (tertiary/aromatic N) is 2. The van der Waals surface area contributed by atoms with Gasteiger partial charge in [0.25, 0.3) is 0 Å². The molecule has 0 radical (unpaired) electrons. The van der Waals surface area contributed by atoms with Crippen LogP contribution in [0, 0.1) is 6.92 Å². The van der Waals surface area contributed by atoms with Crippen LogP contribution in [-0.4, -0.2) is 11.4 Å². The number of furan rings is 2. The highest BCUT2D eigenvalue weighted by Crippen LogP contribution is 2.49. The summed E-state index contributed by atoms with van der Waals surface area (Å²) in [6, 6.07) is 43.7. The lowest BCUT2D eigenvalue weighted by Gasteiger charge is -2.42.